The van der Waals surface area contributed by atoms with E-state index in [0.29, 0.717) is 17.1 Å². The topological polar surface area (TPSA) is 72.9 Å². The molecule has 6 heteroatoms. The molecular weight excluding hydrogens is 264 g/mol. The summed E-state index contributed by atoms with van der Waals surface area (Å²) in [6.45, 7) is 3.50. The lowest BCUT2D eigenvalue weighted by molar-refractivity contribution is 0.100. The second kappa shape index (κ2) is 5.75. The van der Waals surface area contributed by atoms with Gasteiger partial charge in [-0.1, -0.05) is 11.6 Å². The van der Waals surface area contributed by atoms with Crippen molar-refractivity contribution in [3.8, 4) is 0 Å². The van der Waals surface area contributed by atoms with Gasteiger partial charge < -0.3 is 11.1 Å². The standard InChI is InChI=1S/C13H15ClN4O/c1-2-18-8-9(7-17-18)6-16-10-3-4-12(14)11(5-10)13(15)19/h3-5,7-8,16H,2,6H2,1H3,(H2,15,19). The van der Waals surface area contributed by atoms with Crippen LogP contribution in [0, 0.1) is 0 Å². The van der Waals surface area contributed by atoms with E-state index >= 15 is 0 Å². The average Bonchev–Trinajstić information content (AvgIpc) is 2.85. The molecule has 0 saturated carbocycles. The van der Waals surface area contributed by atoms with Crippen LogP contribution in [-0.4, -0.2) is 15.7 Å². The van der Waals surface area contributed by atoms with Crippen LogP contribution in [0.5, 0.6) is 0 Å². The smallest absolute Gasteiger partial charge is 0.250 e. The van der Waals surface area contributed by atoms with Gasteiger partial charge in [0.25, 0.3) is 0 Å². The number of benzene rings is 1. The number of amides is 1. The first kappa shape index (κ1) is 13.4. The molecule has 0 aliphatic carbocycles. The number of carbonyl (C=O) groups excluding carboxylic acids is 1. The van der Waals surface area contributed by atoms with E-state index in [0.717, 1.165) is 17.8 Å². The number of anilines is 1. The van der Waals surface area contributed by atoms with Gasteiger partial charge in [-0.25, -0.2) is 0 Å². The number of nitrogens with one attached hydrogen (secondary N) is 1. The largest absolute Gasteiger partial charge is 0.381 e. The highest BCUT2D eigenvalue weighted by Crippen LogP contribution is 2.20. The number of aryl methyl sites for hydroxylation is 1. The third kappa shape index (κ3) is 3.26. The van der Waals surface area contributed by atoms with Crippen LogP contribution in [0.2, 0.25) is 5.02 Å². The number of aromatic nitrogens is 2. The zero-order valence-electron chi connectivity index (χ0n) is 10.6. The van der Waals surface area contributed by atoms with E-state index in [1.807, 2.05) is 17.8 Å². The Hall–Kier alpha value is -2.01. The zero-order chi connectivity index (χ0) is 13.8. The molecule has 1 aromatic carbocycles. The fourth-order valence-electron chi connectivity index (χ4n) is 1.70. The Kier molecular flexibility index (Phi) is 4.06. The zero-order valence-corrected chi connectivity index (χ0v) is 11.3. The van der Waals surface area contributed by atoms with Crippen molar-refractivity contribution < 1.29 is 4.79 Å². The molecule has 0 aliphatic heterocycles. The third-order valence-corrected chi connectivity index (χ3v) is 3.07. The van der Waals surface area contributed by atoms with E-state index < -0.39 is 5.91 Å². The molecule has 3 N–H and O–H groups in total. The maximum atomic E-state index is 11.2. The van der Waals surface area contributed by atoms with Crippen LogP contribution in [0.25, 0.3) is 0 Å². The van der Waals surface area contributed by atoms with Crippen molar-refractivity contribution in [3.63, 3.8) is 0 Å². The van der Waals surface area contributed by atoms with E-state index in [-0.39, 0.29) is 0 Å². The van der Waals surface area contributed by atoms with Crippen LogP contribution < -0.4 is 11.1 Å². The fraction of sp³-hybridized carbons (Fsp3) is 0.231. The molecule has 0 aliphatic rings. The highest BCUT2D eigenvalue weighted by Gasteiger charge is 2.07. The molecule has 0 radical (unpaired) electrons. The van der Waals surface area contributed by atoms with Gasteiger partial charge in [0.15, 0.2) is 0 Å². The first-order valence-electron chi connectivity index (χ1n) is 5.94. The van der Waals surface area contributed by atoms with E-state index in [9.17, 15) is 4.79 Å². The highest BCUT2D eigenvalue weighted by molar-refractivity contribution is 6.33. The molecule has 1 aromatic heterocycles. The molecule has 100 valence electrons. The number of rotatable bonds is 5. The van der Waals surface area contributed by atoms with Crippen molar-refractivity contribution in [2.24, 2.45) is 5.73 Å². The van der Waals surface area contributed by atoms with Gasteiger partial charge >= 0.3 is 0 Å². The molecule has 0 fully saturated rings. The summed E-state index contributed by atoms with van der Waals surface area (Å²) in [6, 6.07) is 5.10. The van der Waals surface area contributed by atoms with Gasteiger partial charge in [0.2, 0.25) is 5.91 Å². The van der Waals surface area contributed by atoms with Gasteiger partial charge in [-0.05, 0) is 25.1 Å². The number of nitrogens with zero attached hydrogens (tertiary/aromatic N) is 2. The SMILES string of the molecule is CCn1cc(CNc2ccc(Cl)c(C(N)=O)c2)cn1. The van der Waals surface area contributed by atoms with Gasteiger partial charge in [0.05, 0.1) is 16.8 Å². The summed E-state index contributed by atoms with van der Waals surface area (Å²) in [4.78, 5) is 11.2. The van der Waals surface area contributed by atoms with Crippen molar-refractivity contribution >= 4 is 23.2 Å². The molecule has 2 rings (SSSR count). The molecular formula is C13H15ClN4O. The number of nitrogens with two attached hydrogens (primary N) is 1. The summed E-state index contributed by atoms with van der Waals surface area (Å²) in [5, 5.41) is 7.75. The van der Waals surface area contributed by atoms with Crippen molar-refractivity contribution in [2.45, 2.75) is 20.0 Å². The predicted molar refractivity (Wildman–Crippen MR) is 75.2 cm³/mol. The van der Waals surface area contributed by atoms with Crippen LogP contribution in [0.1, 0.15) is 22.8 Å². The summed E-state index contributed by atoms with van der Waals surface area (Å²) in [5.74, 6) is -0.535. The molecule has 0 atom stereocenters. The van der Waals surface area contributed by atoms with Gasteiger partial charge in [-0.15, -0.1) is 0 Å². The Morgan fingerprint density at radius 2 is 2.32 bits per heavy atom. The van der Waals surface area contributed by atoms with Crippen molar-refractivity contribution in [1.29, 1.82) is 0 Å². The van der Waals surface area contributed by atoms with Crippen molar-refractivity contribution in [1.82, 2.24) is 9.78 Å². The van der Waals surface area contributed by atoms with E-state index in [1.165, 1.54) is 0 Å². The molecule has 2 aromatic rings. The lowest BCUT2D eigenvalue weighted by Gasteiger charge is -2.07. The average molecular weight is 279 g/mol. The first-order chi connectivity index (χ1) is 9.10. The predicted octanol–water partition coefficient (Wildman–Crippen LogP) is 2.27. The maximum Gasteiger partial charge on any atom is 0.250 e. The number of primary amides is 1. The summed E-state index contributed by atoms with van der Waals surface area (Å²) < 4.78 is 1.85. The minimum absolute atomic E-state index is 0.316. The van der Waals surface area contributed by atoms with Gasteiger partial charge in [0, 0.05) is 30.5 Å². The molecule has 0 unspecified atom stereocenters. The fourth-order valence-corrected chi connectivity index (χ4v) is 1.91. The third-order valence-electron chi connectivity index (χ3n) is 2.74. The Balaban J connectivity index is 2.07. The second-order valence-corrected chi connectivity index (χ2v) is 4.52. The minimum atomic E-state index is -0.535. The van der Waals surface area contributed by atoms with Crippen LogP contribution in [-0.2, 0) is 13.1 Å². The van der Waals surface area contributed by atoms with E-state index in [2.05, 4.69) is 10.4 Å². The monoisotopic (exact) mass is 278 g/mol. The summed E-state index contributed by atoms with van der Waals surface area (Å²) in [6.07, 6.45) is 3.78. The minimum Gasteiger partial charge on any atom is -0.381 e. The Morgan fingerprint density at radius 1 is 1.53 bits per heavy atom. The summed E-state index contributed by atoms with van der Waals surface area (Å²) >= 11 is 5.89. The Labute approximate surface area is 116 Å². The lowest BCUT2D eigenvalue weighted by atomic mass is 10.2. The lowest BCUT2D eigenvalue weighted by Crippen LogP contribution is -2.12. The summed E-state index contributed by atoms with van der Waals surface area (Å²) in [5.41, 5.74) is 7.42. The molecule has 0 bridgehead atoms. The molecule has 0 saturated heterocycles. The molecule has 5 nitrogen and oxygen atoms in total. The Morgan fingerprint density at radius 3 is 2.95 bits per heavy atom. The van der Waals surface area contributed by atoms with E-state index in [1.54, 1.807) is 24.4 Å². The number of hydrogen-bond acceptors (Lipinski definition) is 3. The maximum absolute atomic E-state index is 11.2. The first-order valence-corrected chi connectivity index (χ1v) is 6.32. The molecule has 19 heavy (non-hydrogen) atoms. The van der Waals surface area contributed by atoms with E-state index in [4.69, 9.17) is 17.3 Å². The molecule has 1 heterocycles. The molecule has 0 spiro atoms. The van der Waals surface area contributed by atoms with Crippen molar-refractivity contribution in [2.75, 3.05) is 5.32 Å². The molecule has 1 amide bonds. The quantitative estimate of drug-likeness (QED) is 0.881. The highest BCUT2D eigenvalue weighted by atomic mass is 35.5. The normalized spacial score (nSPS) is 10.4. The van der Waals surface area contributed by atoms with Gasteiger partial charge in [-0.2, -0.15) is 5.10 Å². The van der Waals surface area contributed by atoms with Crippen molar-refractivity contribution in [3.05, 3.63) is 46.7 Å². The van der Waals surface area contributed by atoms with Gasteiger partial charge in [-0.3, -0.25) is 9.48 Å². The van der Waals surface area contributed by atoms with Crippen LogP contribution in [0.4, 0.5) is 5.69 Å². The number of carbonyl (C=O) groups is 1. The summed E-state index contributed by atoms with van der Waals surface area (Å²) in [7, 11) is 0. The number of hydrogen-bond donors (Lipinski definition) is 2. The Bertz CT molecular complexity index is 594. The van der Waals surface area contributed by atoms with Crippen LogP contribution >= 0.6 is 11.6 Å². The van der Waals surface area contributed by atoms with Crippen LogP contribution in [0.15, 0.2) is 30.6 Å². The second-order valence-electron chi connectivity index (χ2n) is 4.12. The van der Waals surface area contributed by atoms with Crippen LogP contribution in [0.3, 0.4) is 0 Å². The van der Waals surface area contributed by atoms with Gasteiger partial charge in [0.1, 0.15) is 0 Å². The number of halogens is 1.